The molecule has 0 radical (unpaired) electrons. The van der Waals surface area contributed by atoms with Gasteiger partial charge in [-0.15, -0.1) is 24.0 Å². The summed E-state index contributed by atoms with van der Waals surface area (Å²) in [5.41, 5.74) is 4.55. The number of halogens is 1. The van der Waals surface area contributed by atoms with Crippen LogP contribution in [0.2, 0.25) is 0 Å². The normalized spacial score (nSPS) is 11.1. The van der Waals surface area contributed by atoms with E-state index >= 15 is 0 Å². The molecule has 2 aromatic carbocycles. The van der Waals surface area contributed by atoms with Crippen molar-refractivity contribution in [2.45, 2.75) is 20.0 Å². The van der Waals surface area contributed by atoms with Crippen molar-refractivity contribution in [3.8, 4) is 5.75 Å². The fraction of sp³-hybridized carbons (Fsp3) is 0.250. The number of H-pyrrole nitrogens is 1. The summed E-state index contributed by atoms with van der Waals surface area (Å²) in [6.45, 7) is 3.38. The highest BCUT2D eigenvalue weighted by Gasteiger charge is 2.05. The van der Waals surface area contributed by atoms with Crippen LogP contribution in [0.1, 0.15) is 16.8 Å². The predicted octanol–water partition coefficient (Wildman–Crippen LogP) is 3.97. The van der Waals surface area contributed by atoms with Crippen LogP contribution in [-0.2, 0) is 13.1 Å². The molecule has 0 amide bonds. The quantitative estimate of drug-likeness (QED) is 0.304. The smallest absolute Gasteiger partial charge is 0.191 e. The number of aromatic nitrogens is 1. The Bertz CT molecular complexity index is 855. The Kier molecular flexibility index (Phi) is 7.32. The van der Waals surface area contributed by atoms with E-state index in [1.165, 1.54) is 10.9 Å². The first-order chi connectivity index (χ1) is 12.2. The Morgan fingerprint density at radius 2 is 1.85 bits per heavy atom. The van der Waals surface area contributed by atoms with Crippen LogP contribution in [0.25, 0.3) is 10.9 Å². The van der Waals surface area contributed by atoms with Gasteiger partial charge in [0.1, 0.15) is 5.75 Å². The maximum Gasteiger partial charge on any atom is 0.191 e. The number of aromatic amines is 1. The van der Waals surface area contributed by atoms with Crippen molar-refractivity contribution in [3.05, 3.63) is 65.4 Å². The number of ether oxygens (including phenoxy) is 1. The van der Waals surface area contributed by atoms with Gasteiger partial charge in [0.25, 0.3) is 0 Å². The van der Waals surface area contributed by atoms with Gasteiger partial charge in [-0.1, -0.05) is 30.3 Å². The lowest BCUT2D eigenvalue weighted by Gasteiger charge is -2.14. The number of fused-ring (bicyclic) bond motifs is 1. The first-order valence-electron chi connectivity index (χ1n) is 8.34. The number of benzene rings is 2. The summed E-state index contributed by atoms with van der Waals surface area (Å²) < 4.78 is 5.45. The molecule has 0 aliphatic rings. The van der Waals surface area contributed by atoms with Crippen LogP contribution in [0.15, 0.2) is 53.5 Å². The predicted molar refractivity (Wildman–Crippen MR) is 118 cm³/mol. The molecule has 0 aliphatic carbocycles. The van der Waals surface area contributed by atoms with Crippen LogP contribution in [0, 0.1) is 6.92 Å². The Labute approximate surface area is 171 Å². The SMILES string of the molecule is CN=C(NCc1cc2ccccc2[nH]1)NCc1ccc(C)cc1OC.I. The van der Waals surface area contributed by atoms with E-state index in [1.807, 2.05) is 18.2 Å². The minimum atomic E-state index is 0. The van der Waals surface area contributed by atoms with Gasteiger partial charge in [0.15, 0.2) is 5.96 Å². The molecule has 5 nitrogen and oxygen atoms in total. The monoisotopic (exact) mass is 464 g/mol. The lowest BCUT2D eigenvalue weighted by atomic mass is 10.1. The fourth-order valence-electron chi connectivity index (χ4n) is 2.81. The first kappa shape index (κ1) is 20.1. The van der Waals surface area contributed by atoms with E-state index < -0.39 is 0 Å². The summed E-state index contributed by atoms with van der Waals surface area (Å²) in [4.78, 5) is 7.69. The van der Waals surface area contributed by atoms with Crippen molar-refractivity contribution in [1.29, 1.82) is 0 Å². The van der Waals surface area contributed by atoms with Crippen molar-refractivity contribution >= 4 is 40.8 Å². The number of aliphatic imine (C=N–C) groups is 1. The second kappa shape index (κ2) is 9.47. The van der Waals surface area contributed by atoms with Crippen LogP contribution >= 0.6 is 24.0 Å². The largest absolute Gasteiger partial charge is 0.496 e. The highest BCUT2D eigenvalue weighted by atomic mass is 127. The van der Waals surface area contributed by atoms with Gasteiger partial charge in [0.2, 0.25) is 0 Å². The standard InChI is InChI=1S/C20H24N4O.HI/c1-14-8-9-16(19(10-14)25-3)12-22-20(21-2)23-13-17-11-15-6-4-5-7-18(15)24-17;/h4-11,24H,12-13H2,1-3H3,(H2,21,22,23);1H. The van der Waals surface area contributed by atoms with Crippen molar-refractivity contribution in [2.75, 3.05) is 14.2 Å². The average molecular weight is 464 g/mol. The molecule has 26 heavy (non-hydrogen) atoms. The van der Waals surface area contributed by atoms with E-state index in [4.69, 9.17) is 4.74 Å². The van der Waals surface area contributed by atoms with Gasteiger partial charge < -0.3 is 20.4 Å². The van der Waals surface area contributed by atoms with Crippen LogP contribution < -0.4 is 15.4 Å². The zero-order chi connectivity index (χ0) is 17.6. The topological polar surface area (TPSA) is 61.4 Å². The molecule has 3 aromatic rings. The van der Waals surface area contributed by atoms with Gasteiger partial charge in [-0.3, -0.25) is 4.99 Å². The van der Waals surface area contributed by atoms with Gasteiger partial charge in [-0.05, 0) is 36.1 Å². The third-order valence-electron chi connectivity index (χ3n) is 4.14. The highest BCUT2D eigenvalue weighted by Crippen LogP contribution is 2.19. The molecule has 0 saturated heterocycles. The molecular weight excluding hydrogens is 439 g/mol. The van der Waals surface area contributed by atoms with Gasteiger partial charge in [-0.2, -0.15) is 0 Å². The summed E-state index contributed by atoms with van der Waals surface area (Å²) in [7, 11) is 3.47. The highest BCUT2D eigenvalue weighted by molar-refractivity contribution is 14.0. The number of rotatable bonds is 5. The number of methoxy groups -OCH3 is 1. The van der Waals surface area contributed by atoms with Crippen LogP contribution in [0.4, 0.5) is 0 Å². The zero-order valence-electron chi connectivity index (χ0n) is 15.3. The lowest BCUT2D eigenvalue weighted by Crippen LogP contribution is -2.36. The Morgan fingerprint density at radius 1 is 1.08 bits per heavy atom. The number of hydrogen-bond donors (Lipinski definition) is 3. The molecule has 0 fully saturated rings. The minimum Gasteiger partial charge on any atom is -0.496 e. The summed E-state index contributed by atoms with van der Waals surface area (Å²) in [6, 6.07) is 16.6. The summed E-state index contributed by atoms with van der Waals surface area (Å²) >= 11 is 0. The lowest BCUT2D eigenvalue weighted by molar-refractivity contribution is 0.408. The van der Waals surface area contributed by atoms with Crippen molar-refractivity contribution in [1.82, 2.24) is 15.6 Å². The molecular formula is C20H25IN4O. The summed E-state index contributed by atoms with van der Waals surface area (Å²) in [5.74, 6) is 1.64. The molecule has 3 N–H and O–H groups in total. The van der Waals surface area contributed by atoms with Crippen LogP contribution in [-0.4, -0.2) is 25.1 Å². The van der Waals surface area contributed by atoms with Crippen LogP contribution in [0.3, 0.4) is 0 Å². The molecule has 6 heteroatoms. The maximum atomic E-state index is 5.45. The Balaban J connectivity index is 0.00000243. The molecule has 1 aromatic heterocycles. The second-order valence-electron chi connectivity index (χ2n) is 5.98. The molecule has 138 valence electrons. The third-order valence-corrected chi connectivity index (χ3v) is 4.14. The number of nitrogens with zero attached hydrogens (tertiary/aromatic N) is 1. The molecule has 0 atom stereocenters. The fourth-order valence-corrected chi connectivity index (χ4v) is 2.81. The minimum absolute atomic E-state index is 0. The molecule has 0 aliphatic heterocycles. The van der Waals surface area contributed by atoms with Crippen molar-refractivity contribution in [2.24, 2.45) is 4.99 Å². The van der Waals surface area contributed by atoms with Crippen molar-refractivity contribution in [3.63, 3.8) is 0 Å². The van der Waals surface area contributed by atoms with Gasteiger partial charge in [0.05, 0.1) is 13.7 Å². The number of hydrogen-bond acceptors (Lipinski definition) is 2. The van der Waals surface area contributed by atoms with Gasteiger partial charge in [0, 0.05) is 30.4 Å². The molecule has 0 spiro atoms. The van der Waals surface area contributed by atoms with E-state index in [1.54, 1.807) is 14.2 Å². The average Bonchev–Trinajstić information content (AvgIpc) is 3.05. The Hall–Kier alpha value is -2.22. The number of guanidine groups is 1. The van der Waals surface area contributed by atoms with Gasteiger partial charge >= 0.3 is 0 Å². The molecule has 0 unspecified atom stereocenters. The maximum absolute atomic E-state index is 5.45. The number of aryl methyl sites for hydroxylation is 1. The molecule has 3 rings (SSSR count). The first-order valence-corrected chi connectivity index (χ1v) is 8.34. The van der Waals surface area contributed by atoms with E-state index in [0.717, 1.165) is 28.5 Å². The van der Waals surface area contributed by atoms with E-state index in [0.29, 0.717) is 13.1 Å². The van der Waals surface area contributed by atoms with E-state index in [-0.39, 0.29) is 24.0 Å². The van der Waals surface area contributed by atoms with Gasteiger partial charge in [-0.25, -0.2) is 0 Å². The van der Waals surface area contributed by atoms with Crippen molar-refractivity contribution < 1.29 is 4.74 Å². The number of para-hydroxylation sites is 1. The third kappa shape index (κ3) is 4.91. The molecule has 1 heterocycles. The molecule has 0 bridgehead atoms. The second-order valence-corrected chi connectivity index (χ2v) is 5.98. The van der Waals surface area contributed by atoms with E-state index in [2.05, 4.69) is 57.9 Å². The summed E-state index contributed by atoms with van der Waals surface area (Å²) in [6.07, 6.45) is 0. The number of nitrogens with one attached hydrogen (secondary N) is 3. The van der Waals surface area contributed by atoms with E-state index in [9.17, 15) is 0 Å². The zero-order valence-corrected chi connectivity index (χ0v) is 17.6. The molecule has 0 saturated carbocycles. The summed E-state index contributed by atoms with van der Waals surface area (Å²) in [5, 5.41) is 7.88. The van der Waals surface area contributed by atoms with Crippen LogP contribution in [0.5, 0.6) is 5.75 Å². The Morgan fingerprint density at radius 3 is 2.58 bits per heavy atom.